The molecule has 1 N–H and O–H groups in total. The molecule has 1 atom stereocenters. The molecule has 5 rings (SSSR count). The zero-order valence-corrected chi connectivity index (χ0v) is 26.0. The third-order valence-corrected chi connectivity index (χ3v) is 10.1. The van der Waals surface area contributed by atoms with Gasteiger partial charge < -0.3 is 10.0 Å². The number of sulfonamides is 1. The summed E-state index contributed by atoms with van der Waals surface area (Å²) >= 11 is 0. The smallest absolute Gasteiger partial charge is 0.304 e. The van der Waals surface area contributed by atoms with E-state index in [1.54, 1.807) is 23.0 Å². The summed E-state index contributed by atoms with van der Waals surface area (Å²) in [6.45, 7) is 10.2. The molecule has 1 aliphatic rings. The fourth-order valence-electron chi connectivity index (χ4n) is 5.80. The Kier molecular flexibility index (Phi) is 9.07. The van der Waals surface area contributed by atoms with E-state index in [0.717, 1.165) is 53.5 Å². The Labute approximate surface area is 252 Å². The molecule has 0 amide bonds. The summed E-state index contributed by atoms with van der Waals surface area (Å²) in [6, 6.07) is 10.9. The minimum atomic E-state index is -3.86. The van der Waals surface area contributed by atoms with Gasteiger partial charge in [0.25, 0.3) is 0 Å². The standard InChI is InChI=1S/C31H39N7O4S/c1-5-7-8-16-36-17-18-37(43(41,42)28-10-9-15-32-31(28)36)20-26-21(3)11-13-25(33-26)24(19-29(39)40)23-12-14-27-30(22(23)4)34-35-38(27)6-2/h9-15,24H,5-8,16-20H2,1-4H3,(H,39,40)/t24-/m1/s1. The number of pyridine rings is 2. The number of rotatable bonds is 11. The molecule has 3 aromatic heterocycles. The van der Waals surface area contributed by atoms with E-state index >= 15 is 0 Å². The normalized spacial score (nSPS) is 15.8. The molecule has 0 saturated heterocycles. The molecule has 43 heavy (non-hydrogen) atoms. The van der Waals surface area contributed by atoms with Crippen LogP contribution in [-0.2, 0) is 27.9 Å². The second-order valence-corrected chi connectivity index (χ2v) is 13.0. The lowest BCUT2D eigenvalue weighted by Gasteiger charge is -2.23. The lowest BCUT2D eigenvalue weighted by molar-refractivity contribution is -0.137. The van der Waals surface area contributed by atoms with E-state index in [0.29, 0.717) is 30.3 Å². The van der Waals surface area contributed by atoms with Crippen LogP contribution in [0.2, 0.25) is 0 Å². The fourth-order valence-corrected chi connectivity index (χ4v) is 7.36. The first kappa shape index (κ1) is 30.6. The molecule has 12 heteroatoms. The van der Waals surface area contributed by atoms with E-state index in [4.69, 9.17) is 4.98 Å². The second-order valence-electron chi connectivity index (χ2n) is 11.1. The third-order valence-electron chi connectivity index (χ3n) is 8.26. The summed E-state index contributed by atoms with van der Waals surface area (Å²) in [7, 11) is -3.86. The van der Waals surface area contributed by atoms with Gasteiger partial charge in [0, 0.05) is 44.0 Å². The van der Waals surface area contributed by atoms with Crippen molar-refractivity contribution in [2.75, 3.05) is 24.5 Å². The number of fused-ring (bicyclic) bond motifs is 2. The SMILES string of the molecule is CCCCCN1CCN(Cc2nc([C@H](CC(=O)O)c3ccc4c(nnn4CC)c3C)ccc2C)S(=O)(=O)c2cccnc21. The van der Waals surface area contributed by atoms with Crippen LogP contribution in [0.3, 0.4) is 0 Å². The summed E-state index contributed by atoms with van der Waals surface area (Å²) in [5, 5.41) is 18.5. The molecule has 0 saturated carbocycles. The van der Waals surface area contributed by atoms with Crippen LogP contribution in [0.5, 0.6) is 0 Å². The summed E-state index contributed by atoms with van der Waals surface area (Å²) in [5.74, 6) is -1.01. The van der Waals surface area contributed by atoms with E-state index in [-0.39, 0.29) is 24.4 Å². The first-order valence-electron chi connectivity index (χ1n) is 14.9. The Morgan fingerprint density at radius 2 is 1.88 bits per heavy atom. The number of carboxylic acid groups (broad SMARTS) is 1. The molecular formula is C31H39N7O4S. The van der Waals surface area contributed by atoms with Crippen LogP contribution in [-0.4, -0.2) is 68.4 Å². The Hall–Kier alpha value is -3.90. The van der Waals surface area contributed by atoms with Gasteiger partial charge in [0.15, 0.2) is 0 Å². The van der Waals surface area contributed by atoms with Gasteiger partial charge in [-0.2, -0.15) is 4.31 Å². The number of hydrogen-bond acceptors (Lipinski definition) is 8. The zero-order valence-electron chi connectivity index (χ0n) is 25.2. The molecule has 0 fully saturated rings. The molecule has 228 valence electrons. The summed E-state index contributed by atoms with van der Waals surface area (Å²) in [4.78, 5) is 23.7. The number of unbranched alkanes of at least 4 members (excludes halogenated alkanes) is 2. The average Bonchev–Trinajstić information content (AvgIpc) is 3.38. The highest BCUT2D eigenvalue weighted by atomic mass is 32.2. The first-order chi connectivity index (χ1) is 20.6. The van der Waals surface area contributed by atoms with E-state index < -0.39 is 21.9 Å². The van der Waals surface area contributed by atoms with E-state index in [9.17, 15) is 18.3 Å². The van der Waals surface area contributed by atoms with Crippen molar-refractivity contribution in [3.8, 4) is 0 Å². The maximum atomic E-state index is 13.9. The number of anilines is 1. The van der Waals surface area contributed by atoms with Gasteiger partial charge in [0.1, 0.15) is 16.2 Å². The van der Waals surface area contributed by atoms with Crippen molar-refractivity contribution in [3.63, 3.8) is 0 Å². The van der Waals surface area contributed by atoms with Gasteiger partial charge in [-0.25, -0.2) is 18.1 Å². The molecule has 0 unspecified atom stereocenters. The molecule has 0 spiro atoms. The van der Waals surface area contributed by atoms with Crippen LogP contribution in [0.15, 0.2) is 47.5 Å². The van der Waals surface area contributed by atoms with Crippen molar-refractivity contribution in [1.29, 1.82) is 0 Å². The highest BCUT2D eigenvalue weighted by Crippen LogP contribution is 2.34. The average molecular weight is 606 g/mol. The van der Waals surface area contributed by atoms with Gasteiger partial charge >= 0.3 is 5.97 Å². The minimum absolute atomic E-state index is 0.0712. The molecule has 4 aromatic rings. The largest absolute Gasteiger partial charge is 0.481 e. The minimum Gasteiger partial charge on any atom is -0.481 e. The maximum Gasteiger partial charge on any atom is 0.304 e. The van der Waals surface area contributed by atoms with Gasteiger partial charge in [0.05, 0.1) is 24.2 Å². The van der Waals surface area contributed by atoms with Crippen molar-refractivity contribution in [2.24, 2.45) is 0 Å². The van der Waals surface area contributed by atoms with E-state index in [2.05, 4.69) is 27.1 Å². The van der Waals surface area contributed by atoms with Crippen molar-refractivity contribution in [1.82, 2.24) is 29.3 Å². The maximum absolute atomic E-state index is 13.9. The molecule has 0 radical (unpaired) electrons. The van der Waals surface area contributed by atoms with Crippen LogP contribution in [0, 0.1) is 13.8 Å². The van der Waals surface area contributed by atoms with E-state index in [1.807, 2.05) is 45.0 Å². The van der Waals surface area contributed by atoms with Gasteiger partial charge in [0.2, 0.25) is 10.0 Å². The van der Waals surface area contributed by atoms with Crippen LogP contribution in [0.25, 0.3) is 11.0 Å². The monoisotopic (exact) mass is 605 g/mol. The van der Waals surface area contributed by atoms with Crippen molar-refractivity contribution < 1.29 is 18.3 Å². The van der Waals surface area contributed by atoms with Crippen LogP contribution in [0.4, 0.5) is 5.82 Å². The Bertz CT molecular complexity index is 1740. The van der Waals surface area contributed by atoms with Gasteiger partial charge in [-0.15, -0.1) is 5.10 Å². The van der Waals surface area contributed by atoms with Crippen molar-refractivity contribution in [3.05, 3.63) is 70.7 Å². The predicted octanol–water partition coefficient (Wildman–Crippen LogP) is 4.67. The second kappa shape index (κ2) is 12.8. The number of aromatic nitrogens is 5. The lowest BCUT2D eigenvalue weighted by Crippen LogP contribution is -2.35. The van der Waals surface area contributed by atoms with Crippen LogP contribution >= 0.6 is 0 Å². The number of nitrogens with zero attached hydrogens (tertiary/aromatic N) is 7. The highest BCUT2D eigenvalue weighted by molar-refractivity contribution is 7.89. The third kappa shape index (κ3) is 6.12. The molecule has 0 aliphatic carbocycles. The number of hydrogen-bond donors (Lipinski definition) is 1. The van der Waals surface area contributed by atoms with Crippen molar-refractivity contribution in [2.45, 2.75) is 77.3 Å². The number of benzene rings is 1. The Morgan fingerprint density at radius 1 is 1.07 bits per heavy atom. The molecule has 1 aromatic carbocycles. The van der Waals surface area contributed by atoms with Gasteiger partial charge in [-0.1, -0.05) is 37.1 Å². The Balaban J connectivity index is 1.50. The van der Waals surface area contributed by atoms with Crippen LogP contribution in [0.1, 0.15) is 73.5 Å². The number of aliphatic carboxylic acids is 1. The number of carbonyl (C=O) groups is 1. The molecule has 4 heterocycles. The Morgan fingerprint density at radius 3 is 2.63 bits per heavy atom. The number of carboxylic acids is 1. The van der Waals surface area contributed by atoms with Crippen molar-refractivity contribution >= 4 is 32.8 Å². The molecule has 1 aliphatic heterocycles. The topological polar surface area (TPSA) is 134 Å². The fraction of sp³-hybridized carbons (Fsp3) is 0.452. The first-order valence-corrected chi connectivity index (χ1v) is 16.3. The molecular weight excluding hydrogens is 566 g/mol. The summed E-state index contributed by atoms with van der Waals surface area (Å²) in [5.41, 5.74) is 5.29. The number of aryl methyl sites for hydroxylation is 3. The highest BCUT2D eigenvalue weighted by Gasteiger charge is 2.34. The van der Waals surface area contributed by atoms with Gasteiger partial charge in [-0.3, -0.25) is 9.78 Å². The summed E-state index contributed by atoms with van der Waals surface area (Å²) < 4.78 is 31.1. The summed E-state index contributed by atoms with van der Waals surface area (Å²) in [6.07, 6.45) is 4.56. The zero-order chi connectivity index (χ0) is 30.7. The molecule has 0 bridgehead atoms. The van der Waals surface area contributed by atoms with Crippen LogP contribution < -0.4 is 4.90 Å². The van der Waals surface area contributed by atoms with Gasteiger partial charge in [-0.05, 0) is 68.1 Å². The quantitative estimate of drug-likeness (QED) is 0.242. The lowest BCUT2D eigenvalue weighted by atomic mass is 9.88. The molecule has 11 nitrogen and oxygen atoms in total. The van der Waals surface area contributed by atoms with E-state index in [1.165, 1.54) is 4.31 Å². The predicted molar refractivity (Wildman–Crippen MR) is 165 cm³/mol.